The molecule has 0 bridgehead atoms. The predicted molar refractivity (Wildman–Crippen MR) is 167 cm³/mol. The van der Waals surface area contributed by atoms with Gasteiger partial charge >= 0.3 is 11.9 Å². The molecular weight excluding hydrogens is 524 g/mol. The molecule has 7 heteroatoms. The fraction of sp³-hybridized carbons (Fsp3) is 0.562. The van der Waals surface area contributed by atoms with E-state index in [2.05, 4.69) is 67.5 Å². The number of hydrogen-bond donors (Lipinski definition) is 2. The average Bonchev–Trinajstić information content (AvgIpc) is 2.77. The Morgan fingerprint density at radius 1 is 0.667 bits per heavy atom. The number of aliphatic carboxylic acids is 2. The van der Waals surface area contributed by atoms with Crippen molar-refractivity contribution in [2.75, 3.05) is 0 Å². The summed E-state index contributed by atoms with van der Waals surface area (Å²) in [5.74, 6) is 0.549. The number of halogens is 1. The van der Waals surface area contributed by atoms with Crippen LogP contribution in [-0.2, 0) is 22.4 Å². The van der Waals surface area contributed by atoms with Crippen molar-refractivity contribution in [1.29, 1.82) is 0 Å². The molecule has 0 atom stereocenters. The molecule has 0 amide bonds. The normalized spacial score (nSPS) is 11.8. The molecule has 0 saturated heterocycles. The molecule has 0 aliphatic rings. The van der Waals surface area contributed by atoms with Crippen LogP contribution in [0, 0.1) is 23.7 Å². The number of carboxylic acids is 2. The van der Waals surface area contributed by atoms with Gasteiger partial charge in [0.2, 0.25) is 0 Å². The summed E-state index contributed by atoms with van der Waals surface area (Å²) in [6.07, 6.45) is 0.121. The third-order valence-corrected chi connectivity index (χ3v) is 15.3. The van der Waals surface area contributed by atoms with Gasteiger partial charge in [0.05, 0.1) is 21.6 Å². The third kappa shape index (κ3) is 14.1. The van der Waals surface area contributed by atoms with Crippen LogP contribution in [0.1, 0.15) is 66.5 Å². The van der Waals surface area contributed by atoms with Crippen molar-refractivity contribution in [3.05, 3.63) is 59.7 Å². The first kappa shape index (κ1) is 34.8. The maximum absolute atomic E-state index is 15.4. The van der Waals surface area contributed by atoms with Gasteiger partial charge in [-0.05, 0) is 52.1 Å². The second-order valence-corrected chi connectivity index (χ2v) is 19.0. The molecule has 4 nitrogen and oxygen atoms in total. The molecule has 0 saturated carbocycles. The van der Waals surface area contributed by atoms with Gasteiger partial charge in [-0.25, -0.2) is 0 Å². The van der Waals surface area contributed by atoms with Crippen molar-refractivity contribution in [3.63, 3.8) is 0 Å². The lowest BCUT2D eigenvalue weighted by atomic mass is 10.2. The van der Waals surface area contributed by atoms with Crippen LogP contribution < -0.4 is 10.4 Å². The summed E-state index contributed by atoms with van der Waals surface area (Å²) in [5, 5.41) is 19.8. The lowest BCUT2D eigenvalue weighted by molar-refractivity contribution is -0.137. The van der Waals surface area contributed by atoms with Crippen LogP contribution >= 0.6 is 0 Å². The van der Waals surface area contributed by atoms with E-state index in [-0.39, 0.29) is 12.8 Å². The van der Waals surface area contributed by atoms with Crippen LogP contribution in [-0.4, -0.2) is 39.4 Å². The molecule has 2 aromatic carbocycles. The molecular formula is C32H51FO4Si2. The van der Waals surface area contributed by atoms with E-state index in [1.165, 1.54) is 17.3 Å². The summed E-state index contributed by atoms with van der Waals surface area (Å²) in [5.41, 5.74) is 1.63. The highest BCUT2D eigenvalue weighted by Crippen LogP contribution is 2.26. The SMILES string of the molecule is CC(C)C[SiH](CC(C)C)c1ccc(CC(=O)O)cc1.CC(C)C[Si](F)(CC(C)C)c1ccc(CC(=O)O)cc1. The van der Waals surface area contributed by atoms with Crippen molar-refractivity contribution in [1.82, 2.24) is 0 Å². The summed E-state index contributed by atoms with van der Waals surface area (Å²) in [6, 6.07) is 19.3. The van der Waals surface area contributed by atoms with Crippen LogP contribution in [0.4, 0.5) is 4.11 Å². The molecule has 0 heterocycles. The zero-order chi connectivity index (χ0) is 29.8. The standard InChI is InChI=1S/C16H25FO2Si.C16H26O2Si/c1-12(2)10-20(17,11-13(3)4)15-7-5-14(6-8-15)9-16(18)19;1-12(2)10-19(11-13(3)4)15-7-5-14(6-8-15)9-16(17)18/h5-8,12-13H,9-11H2,1-4H3,(H,18,19);5-8,12-13,19H,9-11H2,1-4H3,(H,17,18). The highest BCUT2D eigenvalue weighted by atomic mass is 28.4. The highest BCUT2D eigenvalue weighted by molar-refractivity contribution is 6.86. The third-order valence-electron chi connectivity index (χ3n) is 6.61. The number of benzene rings is 2. The molecule has 0 aromatic heterocycles. The Labute approximate surface area is 238 Å². The molecule has 39 heavy (non-hydrogen) atoms. The minimum atomic E-state index is -2.96. The number of rotatable bonds is 14. The Balaban J connectivity index is 0.000000391. The Bertz CT molecular complexity index is 982. The quantitative estimate of drug-likeness (QED) is 0.192. The Morgan fingerprint density at radius 3 is 1.33 bits per heavy atom. The van der Waals surface area contributed by atoms with Gasteiger partial charge in [0.15, 0.2) is 0 Å². The summed E-state index contributed by atoms with van der Waals surface area (Å²) in [6.45, 7) is 17.4. The smallest absolute Gasteiger partial charge is 0.307 e. The second-order valence-electron chi connectivity index (χ2n) is 12.7. The first-order valence-electron chi connectivity index (χ1n) is 14.4. The lowest BCUT2D eigenvalue weighted by Gasteiger charge is -2.26. The monoisotopic (exact) mass is 574 g/mol. The van der Waals surface area contributed by atoms with Gasteiger partial charge in [-0.2, -0.15) is 0 Å². The first-order valence-corrected chi connectivity index (χ1v) is 18.9. The topological polar surface area (TPSA) is 74.6 Å². The Hall–Kier alpha value is -2.26. The zero-order valence-corrected chi connectivity index (χ0v) is 27.5. The van der Waals surface area contributed by atoms with Gasteiger partial charge < -0.3 is 14.3 Å². The predicted octanol–water partition coefficient (Wildman–Crippen LogP) is 6.81. The Morgan fingerprint density at radius 2 is 1.03 bits per heavy atom. The molecule has 0 fully saturated rings. The van der Waals surface area contributed by atoms with E-state index < -0.39 is 29.1 Å². The molecule has 0 spiro atoms. The van der Waals surface area contributed by atoms with Crippen LogP contribution in [0.2, 0.25) is 24.2 Å². The van der Waals surface area contributed by atoms with Crippen molar-refractivity contribution < 1.29 is 23.9 Å². The van der Waals surface area contributed by atoms with Crippen LogP contribution in [0.25, 0.3) is 0 Å². The minimum Gasteiger partial charge on any atom is -0.481 e. The van der Waals surface area contributed by atoms with Gasteiger partial charge in [0.1, 0.15) is 0 Å². The van der Waals surface area contributed by atoms with Gasteiger partial charge in [-0.15, -0.1) is 0 Å². The van der Waals surface area contributed by atoms with E-state index in [1.807, 2.05) is 12.1 Å². The summed E-state index contributed by atoms with van der Waals surface area (Å²) >= 11 is 0. The molecule has 0 aliphatic heterocycles. The average molecular weight is 575 g/mol. The minimum absolute atomic E-state index is 0.00448. The van der Waals surface area contributed by atoms with Gasteiger partial charge in [0, 0.05) is 0 Å². The fourth-order valence-electron chi connectivity index (χ4n) is 5.30. The second kappa shape index (κ2) is 16.8. The van der Waals surface area contributed by atoms with Crippen LogP contribution in [0.15, 0.2) is 48.5 Å². The van der Waals surface area contributed by atoms with E-state index in [4.69, 9.17) is 10.2 Å². The molecule has 0 unspecified atom stereocenters. The number of hydrogen-bond acceptors (Lipinski definition) is 2. The van der Waals surface area contributed by atoms with Crippen molar-refractivity contribution in [2.45, 2.75) is 92.4 Å². The van der Waals surface area contributed by atoms with Gasteiger partial charge in [-0.3, -0.25) is 9.59 Å². The molecule has 0 radical (unpaired) electrons. The van der Waals surface area contributed by atoms with E-state index in [0.717, 1.165) is 28.1 Å². The van der Waals surface area contributed by atoms with Crippen molar-refractivity contribution in [2.24, 2.45) is 23.7 Å². The number of carboxylic acid groups (broad SMARTS) is 2. The van der Waals surface area contributed by atoms with E-state index >= 15 is 4.11 Å². The van der Waals surface area contributed by atoms with Crippen molar-refractivity contribution >= 4 is 39.5 Å². The van der Waals surface area contributed by atoms with E-state index in [9.17, 15) is 9.59 Å². The molecule has 0 aliphatic carbocycles. The molecule has 218 valence electrons. The fourth-order valence-corrected chi connectivity index (χ4v) is 13.0. The van der Waals surface area contributed by atoms with E-state index in [1.54, 1.807) is 24.3 Å². The zero-order valence-electron chi connectivity index (χ0n) is 25.3. The molecule has 2 rings (SSSR count). The highest BCUT2D eigenvalue weighted by Gasteiger charge is 2.37. The maximum Gasteiger partial charge on any atom is 0.307 e. The van der Waals surface area contributed by atoms with Gasteiger partial charge in [0.25, 0.3) is 8.41 Å². The molecule has 2 aromatic rings. The van der Waals surface area contributed by atoms with Crippen LogP contribution in [0.3, 0.4) is 0 Å². The summed E-state index contributed by atoms with van der Waals surface area (Å²) in [7, 11) is -3.87. The van der Waals surface area contributed by atoms with Gasteiger partial charge in [-0.1, -0.05) is 121 Å². The van der Waals surface area contributed by atoms with Crippen LogP contribution in [0.5, 0.6) is 0 Å². The Kier molecular flexibility index (Phi) is 14.9. The largest absolute Gasteiger partial charge is 0.481 e. The molecule has 2 N–H and O–H groups in total. The first-order chi connectivity index (χ1) is 18.1. The maximum atomic E-state index is 15.4. The lowest BCUT2D eigenvalue weighted by Crippen LogP contribution is -2.45. The summed E-state index contributed by atoms with van der Waals surface area (Å²) in [4.78, 5) is 21.4. The number of carbonyl (C=O) groups is 2. The van der Waals surface area contributed by atoms with E-state index in [0.29, 0.717) is 23.9 Å². The summed E-state index contributed by atoms with van der Waals surface area (Å²) < 4.78 is 15.4. The van der Waals surface area contributed by atoms with Crippen molar-refractivity contribution in [3.8, 4) is 0 Å².